The molecule has 4 nitrogen and oxygen atoms in total. The summed E-state index contributed by atoms with van der Waals surface area (Å²) in [6.45, 7) is 11.3. The summed E-state index contributed by atoms with van der Waals surface area (Å²) in [7, 11) is 0. The molecule has 0 aromatic heterocycles. The number of hydrogen-bond donors (Lipinski definition) is 2. The highest BCUT2D eigenvalue weighted by atomic mass is 16.5. The molecule has 0 radical (unpaired) electrons. The van der Waals surface area contributed by atoms with Gasteiger partial charge in [0.25, 0.3) is 0 Å². The molecule has 128 valence electrons. The monoisotopic (exact) mass is 309 g/mol. The van der Waals surface area contributed by atoms with Crippen LogP contribution in [0.4, 0.5) is 0 Å². The third kappa shape index (κ3) is 4.22. The van der Waals surface area contributed by atoms with Gasteiger partial charge in [-0.1, -0.05) is 13.3 Å². The lowest BCUT2D eigenvalue weighted by Gasteiger charge is -2.37. The van der Waals surface area contributed by atoms with Gasteiger partial charge in [0.05, 0.1) is 13.2 Å². The largest absolute Gasteiger partial charge is 0.379 e. The van der Waals surface area contributed by atoms with Gasteiger partial charge in [0, 0.05) is 31.2 Å². The zero-order valence-corrected chi connectivity index (χ0v) is 14.5. The van der Waals surface area contributed by atoms with Crippen molar-refractivity contribution in [1.29, 1.82) is 0 Å². The van der Waals surface area contributed by atoms with E-state index >= 15 is 0 Å². The predicted octanol–water partition coefficient (Wildman–Crippen LogP) is 1.85. The second-order valence-electron chi connectivity index (χ2n) is 7.81. The molecule has 0 spiro atoms. The summed E-state index contributed by atoms with van der Waals surface area (Å²) in [4.78, 5) is 2.68. The highest BCUT2D eigenvalue weighted by molar-refractivity contribution is 4.92. The molecular weight excluding hydrogens is 274 g/mol. The zero-order chi connectivity index (χ0) is 15.4. The fourth-order valence-electron chi connectivity index (χ4n) is 4.50. The molecule has 0 amide bonds. The van der Waals surface area contributed by atoms with Gasteiger partial charge in [-0.2, -0.15) is 0 Å². The second kappa shape index (κ2) is 8.09. The molecule has 22 heavy (non-hydrogen) atoms. The molecule has 4 heteroatoms. The van der Waals surface area contributed by atoms with Crippen molar-refractivity contribution in [3.05, 3.63) is 0 Å². The normalized spacial score (nSPS) is 36.5. The van der Waals surface area contributed by atoms with E-state index in [0.29, 0.717) is 18.1 Å². The maximum atomic E-state index is 5.68. The van der Waals surface area contributed by atoms with Crippen LogP contribution >= 0.6 is 0 Å². The van der Waals surface area contributed by atoms with E-state index in [1.807, 2.05) is 0 Å². The van der Waals surface area contributed by atoms with Gasteiger partial charge in [-0.15, -0.1) is 0 Å². The smallest absolute Gasteiger partial charge is 0.0623 e. The minimum atomic E-state index is 0.569. The summed E-state index contributed by atoms with van der Waals surface area (Å²) in [6, 6.07) is 1.93. The first-order valence-electron chi connectivity index (χ1n) is 9.52. The lowest BCUT2D eigenvalue weighted by molar-refractivity contribution is 0.0516. The van der Waals surface area contributed by atoms with E-state index in [4.69, 9.17) is 4.74 Å². The third-order valence-corrected chi connectivity index (χ3v) is 6.15. The highest BCUT2D eigenvalue weighted by Crippen LogP contribution is 2.29. The summed E-state index contributed by atoms with van der Waals surface area (Å²) >= 11 is 0. The maximum Gasteiger partial charge on any atom is 0.0623 e. The molecule has 2 aliphatic heterocycles. The van der Waals surface area contributed by atoms with Gasteiger partial charge in [0.1, 0.15) is 0 Å². The van der Waals surface area contributed by atoms with Crippen LogP contribution in [0.1, 0.15) is 46.0 Å². The topological polar surface area (TPSA) is 36.5 Å². The average Bonchev–Trinajstić information content (AvgIpc) is 3.02. The van der Waals surface area contributed by atoms with Crippen LogP contribution in [-0.4, -0.2) is 62.4 Å². The number of morpholine rings is 1. The van der Waals surface area contributed by atoms with Crippen LogP contribution < -0.4 is 10.6 Å². The van der Waals surface area contributed by atoms with Gasteiger partial charge >= 0.3 is 0 Å². The van der Waals surface area contributed by atoms with Crippen molar-refractivity contribution in [2.24, 2.45) is 11.8 Å². The SMILES string of the molecule is CC1CCN(C(C)CNC2CCCC2C2COCCN2)CC1. The van der Waals surface area contributed by atoms with E-state index in [0.717, 1.165) is 38.1 Å². The molecule has 4 atom stereocenters. The number of piperidine rings is 1. The summed E-state index contributed by atoms with van der Waals surface area (Å²) in [5, 5.41) is 7.57. The van der Waals surface area contributed by atoms with Crippen LogP contribution in [0, 0.1) is 11.8 Å². The van der Waals surface area contributed by atoms with E-state index in [2.05, 4.69) is 29.4 Å². The Morgan fingerprint density at radius 3 is 2.77 bits per heavy atom. The van der Waals surface area contributed by atoms with Gasteiger partial charge in [-0.25, -0.2) is 0 Å². The van der Waals surface area contributed by atoms with Crippen molar-refractivity contribution in [3.63, 3.8) is 0 Å². The average molecular weight is 309 g/mol. The van der Waals surface area contributed by atoms with Crippen LogP contribution in [0.5, 0.6) is 0 Å². The zero-order valence-electron chi connectivity index (χ0n) is 14.5. The Bertz CT molecular complexity index is 324. The summed E-state index contributed by atoms with van der Waals surface area (Å²) in [6.07, 6.45) is 6.82. The highest BCUT2D eigenvalue weighted by Gasteiger charge is 2.34. The number of hydrogen-bond acceptors (Lipinski definition) is 4. The lowest BCUT2D eigenvalue weighted by atomic mass is 9.93. The van der Waals surface area contributed by atoms with Gasteiger partial charge in [-0.3, -0.25) is 4.90 Å². The minimum Gasteiger partial charge on any atom is -0.379 e. The molecule has 2 saturated heterocycles. The first-order valence-corrected chi connectivity index (χ1v) is 9.52. The quantitative estimate of drug-likeness (QED) is 0.813. The molecule has 1 aliphatic carbocycles. The van der Waals surface area contributed by atoms with Crippen molar-refractivity contribution >= 4 is 0 Å². The molecule has 3 fully saturated rings. The molecule has 0 bridgehead atoms. The van der Waals surface area contributed by atoms with E-state index in [1.165, 1.54) is 45.2 Å². The molecule has 3 rings (SSSR count). The minimum absolute atomic E-state index is 0.569. The summed E-state index contributed by atoms with van der Waals surface area (Å²) in [5.41, 5.74) is 0. The Labute approximate surface area is 136 Å². The maximum absolute atomic E-state index is 5.68. The second-order valence-corrected chi connectivity index (χ2v) is 7.81. The summed E-state index contributed by atoms with van der Waals surface area (Å²) < 4.78 is 5.68. The fraction of sp³-hybridized carbons (Fsp3) is 1.00. The Balaban J connectivity index is 1.43. The van der Waals surface area contributed by atoms with Crippen LogP contribution in [0.2, 0.25) is 0 Å². The lowest BCUT2D eigenvalue weighted by Crippen LogP contribution is -2.53. The predicted molar refractivity (Wildman–Crippen MR) is 91.2 cm³/mol. The molecule has 4 unspecified atom stereocenters. The molecule has 2 heterocycles. The molecule has 3 aliphatic rings. The standard InChI is InChI=1S/C18H35N3O/c1-14-6-9-21(10-7-14)15(2)12-20-17-5-3-4-16(17)18-13-22-11-8-19-18/h14-20H,3-13H2,1-2H3. The number of likely N-dealkylation sites (tertiary alicyclic amines) is 1. The van der Waals surface area contributed by atoms with Crippen molar-refractivity contribution in [2.45, 2.75) is 64.1 Å². The van der Waals surface area contributed by atoms with Crippen molar-refractivity contribution < 1.29 is 4.74 Å². The first kappa shape index (κ1) is 16.7. The van der Waals surface area contributed by atoms with E-state index < -0.39 is 0 Å². The van der Waals surface area contributed by atoms with Crippen molar-refractivity contribution in [1.82, 2.24) is 15.5 Å². The van der Waals surface area contributed by atoms with Crippen LogP contribution in [0.25, 0.3) is 0 Å². The molecule has 0 aromatic carbocycles. The Kier molecular flexibility index (Phi) is 6.14. The van der Waals surface area contributed by atoms with Crippen LogP contribution in [0.15, 0.2) is 0 Å². The number of nitrogens with one attached hydrogen (secondary N) is 2. The number of rotatable bonds is 5. The van der Waals surface area contributed by atoms with Gasteiger partial charge < -0.3 is 15.4 Å². The molecule has 1 saturated carbocycles. The van der Waals surface area contributed by atoms with Gasteiger partial charge in [-0.05, 0) is 57.5 Å². The van der Waals surface area contributed by atoms with Crippen molar-refractivity contribution in [2.75, 3.05) is 39.4 Å². The van der Waals surface area contributed by atoms with Gasteiger partial charge in [0.2, 0.25) is 0 Å². The van der Waals surface area contributed by atoms with E-state index in [9.17, 15) is 0 Å². The van der Waals surface area contributed by atoms with Gasteiger partial charge in [0.15, 0.2) is 0 Å². The first-order chi connectivity index (χ1) is 10.7. The van der Waals surface area contributed by atoms with E-state index in [-0.39, 0.29) is 0 Å². The van der Waals surface area contributed by atoms with Crippen LogP contribution in [0.3, 0.4) is 0 Å². The molecular formula is C18H35N3O. The van der Waals surface area contributed by atoms with Crippen molar-refractivity contribution in [3.8, 4) is 0 Å². The Hall–Kier alpha value is -0.160. The summed E-state index contributed by atoms with van der Waals surface area (Å²) in [5.74, 6) is 1.68. The third-order valence-electron chi connectivity index (χ3n) is 6.15. The fourth-order valence-corrected chi connectivity index (χ4v) is 4.50. The Morgan fingerprint density at radius 2 is 2.05 bits per heavy atom. The molecule has 0 aromatic rings. The van der Waals surface area contributed by atoms with Crippen LogP contribution in [-0.2, 0) is 4.74 Å². The molecule has 2 N–H and O–H groups in total. The Morgan fingerprint density at radius 1 is 1.23 bits per heavy atom. The number of nitrogens with zero attached hydrogens (tertiary/aromatic N) is 1. The van der Waals surface area contributed by atoms with E-state index in [1.54, 1.807) is 0 Å². The number of ether oxygens (including phenoxy) is 1.